The Bertz CT molecular complexity index is 814. The molecule has 2 atom stereocenters. The van der Waals surface area contributed by atoms with Crippen molar-refractivity contribution in [2.75, 3.05) is 13.2 Å². The second kappa shape index (κ2) is 7.79. The van der Waals surface area contributed by atoms with E-state index < -0.39 is 23.3 Å². The van der Waals surface area contributed by atoms with Crippen LogP contribution in [0, 0.1) is 16.7 Å². The number of ether oxygens (including phenoxy) is 3. The minimum Gasteiger partial charge on any atom is -0.465 e. The Labute approximate surface area is 159 Å². The van der Waals surface area contributed by atoms with Crippen LogP contribution in [0.25, 0.3) is 0 Å². The lowest BCUT2D eigenvalue weighted by Gasteiger charge is -2.35. The number of carbonyl (C=O) groups excluding carboxylic acids is 2. The summed E-state index contributed by atoms with van der Waals surface area (Å²) in [5, 5.41) is 9.83. The molecule has 0 aromatic heterocycles. The summed E-state index contributed by atoms with van der Waals surface area (Å²) in [6, 6.07) is 7.05. The van der Waals surface area contributed by atoms with Crippen molar-refractivity contribution in [2.24, 2.45) is 11.1 Å². The Morgan fingerprint density at radius 2 is 2.00 bits per heavy atom. The predicted molar refractivity (Wildman–Crippen MR) is 95.7 cm³/mol. The summed E-state index contributed by atoms with van der Waals surface area (Å²) in [4.78, 5) is 25.2. The van der Waals surface area contributed by atoms with Gasteiger partial charge in [-0.3, -0.25) is 4.79 Å². The molecule has 7 nitrogen and oxygen atoms in total. The second-order valence-corrected chi connectivity index (χ2v) is 6.67. The quantitative estimate of drug-likeness (QED) is 0.725. The summed E-state index contributed by atoms with van der Waals surface area (Å²) < 4.78 is 16.4. The van der Waals surface area contributed by atoms with Gasteiger partial charge in [0.2, 0.25) is 5.88 Å². The molecule has 0 spiro atoms. The highest BCUT2D eigenvalue weighted by Crippen LogP contribution is 2.49. The van der Waals surface area contributed by atoms with E-state index in [1.807, 2.05) is 6.07 Å². The van der Waals surface area contributed by atoms with Crippen molar-refractivity contribution in [3.05, 3.63) is 39.7 Å². The van der Waals surface area contributed by atoms with Crippen molar-refractivity contribution >= 4 is 27.9 Å². The van der Waals surface area contributed by atoms with Gasteiger partial charge in [-0.25, -0.2) is 4.79 Å². The predicted octanol–water partition coefficient (Wildman–Crippen LogP) is 2.75. The molecular formula is C18H19BrN2O5. The summed E-state index contributed by atoms with van der Waals surface area (Å²) in [5.74, 6) is -2.35. The number of nitriles is 1. The molecule has 1 aromatic carbocycles. The van der Waals surface area contributed by atoms with Crippen molar-refractivity contribution < 1.29 is 23.8 Å². The van der Waals surface area contributed by atoms with Crippen LogP contribution in [-0.2, 0) is 19.1 Å². The molecule has 0 amide bonds. The Hall–Kier alpha value is -2.53. The molecule has 1 aliphatic rings. The highest BCUT2D eigenvalue weighted by Gasteiger charge is 2.52. The molecule has 2 rings (SSSR count). The molecule has 1 aromatic rings. The van der Waals surface area contributed by atoms with Crippen LogP contribution in [0.15, 0.2) is 34.1 Å². The van der Waals surface area contributed by atoms with Gasteiger partial charge in [-0.05, 0) is 39.0 Å². The van der Waals surface area contributed by atoms with E-state index in [1.165, 1.54) is 6.92 Å². The first-order valence-corrected chi connectivity index (χ1v) is 8.81. The molecule has 0 saturated carbocycles. The van der Waals surface area contributed by atoms with Gasteiger partial charge in [-0.1, -0.05) is 15.9 Å². The number of carbonyl (C=O) groups is 2. The van der Waals surface area contributed by atoms with Crippen molar-refractivity contribution in [1.82, 2.24) is 0 Å². The number of halogens is 1. The lowest BCUT2D eigenvalue weighted by Crippen LogP contribution is -2.41. The van der Waals surface area contributed by atoms with Crippen molar-refractivity contribution in [3.63, 3.8) is 0 Å². The van der Waals surface area contributed by atoms with Crippen LogP contribution in [0.4, 0.5) is 0 Å². The Kier molecular flexibility index (Phi) is 5.93. The van der Waals surface area contributed by atoms with Gasteiger partial charge in [-0.2, -0.15) is 5.26 Å². The third kappa shape index (κ3) is 3.40. The van der Waals surface area contributed by atoms with Crippen LogP contribution in [0.2, 0.25) is 0 Å². The molecule has 8 heteroatoms. The summed E-state index contributed by atoms with van der Waals surface area (Å²) in [6.45, 7) is 4.90. The Morgan fingerprint density at radius 3 is 2.58 bits per heavy atom. The lowest BCUT2D eigenvalue weighted by molar-refractivity contribution is -0.152. The maximum absolute atomic E-state index is 12.6. The largest absolute Gasteiger partial charge is 0.465 e. The molecular weight excluding hydrogens is 404 g/mol. The number of rotatable bonds is 5. The van der Waals surface area contributed by atoms with Gasteiger partial charge < -0.3 is 19.9 Å². The standard InChI is InChI=1S/C18H19BrN2O5/c1-4-24-16(22)13-14(18(3,9-20)17(23)25-5-2)11-8-10(19)6-7-12(11)26-15(13)21/h6-8,14H,4-5,21H2,1-3H3. The van der Waals surface area contributed by atoms with Gasteiger partial charge in [0, 0.05) is 10.0 Å². The van der Waals surface area contributed by atoms with Crippen LogP contribution in [-0.4, -0.2) is 25.2 Å². The molecule has 0 fully saturated rings. The van der Waals surface area contributed by atoms with Gasteiger partial charge in [0.25, 0.3) is 0 Å². The topological polar surface area (TPSA) is 112 Å². The normalized spacial score (nSPS) is 18.0. The molecule has 2 N–H and O–H groups in total. The number of hydrogen-bond acceptors (Lipinski definition) is 7. The third-order valence-electron chi connectivity index (χ3n) is 4.06. The molecule has 0 aliphatic carbocycles. The Morgan fingerprint density at radius 1 is 1.35 bits per heavy atom. The zero-order valence-corrected chi connectivity index (χ0v) is 16.3. The fourth-order valence-electron chi connectivity index (χ4n) is 2.85. The summed E-state index contributed by atoms with van der Waals surface area (Å²) in [6.07, 6.45) is 0. The first-order chi connectivity index (χ1) is 12.3. The number of benzene rings is 1. The van der Waals surface area contributed by atoms with Gasteiger partial charge in [0.05, 0.1) is 25.2 Å². The molecule has 0 saturated heterocycles. The number of esters is 2. The first-order valence-electron chi connectivity index (χ1n) is 8.02. The smallest absolute Gasteiger partial charge is 0.340 e. The number of nitrogens with zero attached hydrogens (tertiary/aromatic N) is 1. The fourth-order valence-corrected chi connectivity index (χ4v) is 3.22. The zero-order chi connectivity index (χ0) is 19.5. The van der Waals surface area contributed by atoms with E-state index in [9.17, 15) is 14.9 Å². The van der Waals surface area contributed by atoms with Crippen molar-refractivity contribution in [1.29, 1.82) is 5.26 Å². The molecule has 2 unspecified atom stereocenters. The summed E-state index contributed by atoms with van der Waals surface area (Å²) in [7, 11) is 0. The molecule has 26 heavy (non-hydrogen) atoms. The van der Waals surface area contributed by atoms with E-state index in [0.29, 0.717) is 15.8 Å². The SMILES string of the molecule is CCOC(=O)C1=C(N)Oc2ccc(Br)cc2C1C(C)(C#N)C(=O)OCC. The van der Waals surface area contributed by atoms with Crippen LogP contribution >= 0.6 is 15.9 Å². The lowest BCUT2D eigenvalue weighted by atomic mass is 9.69. The second-order valence-electron chi connectivity index (χ2n) is 5.75. The van der Waals surface area contributed by atoms with Gasteiger partial charge >= 0.3 is 11.9 Å². The maximum Gasteiger partial charge on any atom is 0.340 e. The van der Waals surface area contributed by atoms with Gasteiger partial charge in [0.1, 0.15) is 11.3 Å². The molecule has 0 bridgehead atoms. The van der Waals surface area contributed by atoms with Crippen LogP contribution in [0.1, 0.15) is 32.3 Å². The zero-order valence-electron chi connectivity index (χ0n) is 14.7. The number of hydrogen-bond donors (Lipinski definition) is 1. The maximum atomic E-state index is 12.6. The van der Waals surface area contributed by atoms with Gasteiger partial charge in [-0.15, -0.1) is 0 Å². The van der Waals surface area contributed by atoms with E-state index in [-0.39, 0.29) is 24.7 Å². The first kappa shape index (κ1) is 19.8. The fraction of sp³-hybridized carbons (Fsp3) is 0.389. The van der Waals surface area contributed by atoms with Crippen LogP contribution < -0.4 is 10.5 Å². The summed E-state index contributed by atoms with van der Waals surface area (Å²) >= 11 is 3.36. The van der Waals surface area contributed by atoms with E-state index in [0.717, 1.165) is 0 Å². The summed E-state index contributed by atoms with van der Waals surface area (Å²) in [5.41, 5.74) is 4.65. The van der Waals surface area contributed by atoms with E-state index in [2.05, 4.69) is 15.9 Å². The molecule has 1 aliphatic heterocycles. The minimum absolute atomic E-state index is 0.0745. The number of nitrogens with two attached hydrogens (primary N) is 1. The van der Waals surface area contributed by atoms with E-state index in [1.54, 1.807) is 32.0 Å². The minimum atomic E-state index is -1.71. The monoisotopic (exact) mass is 422 g/mol. The molecule has 138 valence electrons. The van der Waals surface area contributed by atoms with Gasteiger partial charge in [0.15, 0.2) is 5.41 Å². The van der Waals surface area contributed by atoms with Crippen molar-refractivity contribution in [2.45, 2.75) is 26.7 Å². The van der Waals surface area contributed by atoms with Crippen LogP contribution in [0.5, 0.6) is 5.75 Å². The van der Waals surface area contributed by atoms with Crippen LogP contribution in [0.3, 0.4) is 0 Å². The van der Waals surface area contributed by atoms with Crippen molar-refractivity contribution in [3.8, 4) is 11.8 Å². The molecule has 1 heterocycles. The Balaban J connectivity index is 2.74. The van der Waals surface area contributed by atoms with E-state index >= 15 is 0 Å². The van der Waals surface area contributed by atoms with E-state index in [4.69, 9.17) is 19.9 Å². The average Bonchev–Trinajstić information content (AvgIpc) is 2.60. The number of fused-ring (bicyclic) bond motifs is 1. The molecule has 0 radical (unpaired) electrons. The highest BCUT2D eigenvalue weighted by atomic mass is 79.9. The average molecular weight is 423 g/mol. The highest BCUT2D eigenvalue weighted by molar-refractivity contribution is 9.10. The third-order valence-corrected chi connectivity index (χ3v) is 4.55.